The summed E-state index contributed by atoms with van der Waals surface area (Å²) < 4.78 is 52.7. The fourth-order valence-electron chi connectivity index (χ4n) is 0.994. The Morgan fingerprint density at radius 2 is 1.88 bits per heavy atom. The molecular weight excluding hydrogens is 258 g/mol. The standard InChI is InChI=1S/C8H8F2N2O4S/c9-7-4(16-3-6(11)13)1-2-5(8(7)10)17(12,14)15/h1-2H,3H2,(H2,11,13)(H2,12,14,15). The lowest BCUT2D eigenvalue weighted by Crippen LogP contribution is -2.21. The fourth-order valence-corrected chi connectivity index (χ4v) is 1.59. The molecule has 0 bridgehead atoms. The van der Waals surface area contributed by atoms with E-state index in [1.165, 1.54) is 0 Å². The first kappa shape index (κ1) is 13.3. The number of primary amides is 1. The minimum atomic E-state index is -4.37. The molecule has 0 aromatic heterocycles. The number of amides is 1. The predicted molar refractivity (Wildman–Crippen MR) is 52.4 cm³/mol. The quantitative estimate of drug-likeness (QED) is 0.763. The van der Waals surface area contributed by atoms with Crippen molar-refractivity contribution in [2.75, 3.05) is 6.61 Å². The van der Waals surface area contributed by atoms with Gasteiger partial charge in [-0.25, -0.2) is 17.9 Å². The summed E-state index contributed by atoms with van der Waals surface area (Å²) >= 11 is 0. The Hall–Kier alpha value is -1.74. The van der Waals surface area contributed by atoms with Gasteiger partial charge in [-0.3, -0.25) is 4.79 Å². The number of carbonyl (C=O) groups is 1. The van der Waals surface area contributed by atoms with Crippen LogP contribution in [0.15, 0.2) is 17.0 Å². The van der Waals surface area contributed by atoms with E-state index in [4.69, 9.17) is 5.73 Å². The van der Waals surface area contributed by atoms with Gasteiger partial charge >= 0.3 is 0 Å². The fraction of sp³-hybridized carbons (Fsp3) is 0.125. The SMILES string of the molecule is NC(=O)COc1ccc(S(N)(=O)=O)c(F)c1F. The number of rotatable bonds is 4. The highest BCUT2D eigenvalue weighted by Crippen LogP contribution is 2.24. The van der Waals surface area contributed by atoms with Crippen LogP contribution in [-0.4, -0.2) is 20.9 Å². The van der Waals surface area contributed by atoms with Crippen molar-refractivity contribution in [3.05, 3.63) is 23.8 Å². The first-order chi connectivity index (χ1) is 7.73. The van der Waals surface area contributed by atoms with Gasteiger partial charge in [0.15, 0.2) is 18.2 Å². The van der Waals surface area contributed by atoms with Gasteiger partial charge in [0.1, 0.15) is 4.90 Å². The van der Waals surface area contributed by atoms with Gasteiger partial charge in [0.25, 0.3) is 5.91 Å². The van der Waals surface area contributed by atoms with Gasteiger partial charge in [0, 0.05) is 0 Å². The number of benzene rings is 1. The van der Waals surface area contributed by atoms with Crippen molar-refractivity contribution in [2.24, 2.45) is 10.9 Å². The lowest BCUT2D eigenvalue weighted by atomic mass is 10.3. The van der Waals surface area contributed by atoms with Crippen LogP contribution in [0.5, 0.6) is 5.75 Å². The summed E-state index contributed by atoms with van der Waals surface area (Å²) in [6.07, 6.45) is 0. The molecule has 1 amide bonds. The molecule has 0 fully saturated rings. The molecule has 94 valence electrons. The van der Waals surface area contributed by atoms with E-state index in [-0.39, 0.29) is 0 Å². The van der Waals surface area contributed by atoms with E-state index in [1.807, 2.05) is 0 Å². The zero-order valence-electron chi connectivity index (χ0n) is 8.31. The van der Waals surface area contributed by atoms with Crippen LogP contribution in [0, 0.1) is 11.6 Å². The van der Waals surface area contributed by atoms with E-state index in [0.717, 1.165) is 12.1 Å². The molecule has 4 N–H and O–H groups in total. The maximum atomic E-state index is 13.3. The van der Waals surface area contributed by atoms with Crippen LogP contribution in [0.4, 0.5) is 8.78 Å². The molecule has 1 aromatic rings. The van der Waals surface area contributed by atoms with Crippen molar-refractivity contribution in [3.8, 4) is 5.75 Å². The number of halogens is 2. The third kappa shape index (κ3) is 3.11. The number of sulfonamides is 1. The van der Waals surface area contributed by atoms with Crippen LogP contribution in [0.2, 0.25) is 0 Å². The first-order valence-electron chi connectivity index (χ1n) is 4.15. The zero-order valence-corrected chi connectivity index (χ0v) is 9.13. The summed E-state index contributed by atoms with van der Waals surface area (Å²) in [7, 11) is -4.37. The molecule has 0 atom stereocenters. The first-order valence-corrected chi connectivity index (χ1v) is 5.70. The molecule has 0 radical (unpaired) electrons. The van der Waals surface area contributed by atoms with E-state index < -0.39 is 44.8 Å². The molecule has 1 rings (SSSR count). The van der Waals surface area contributed by atoms with Gasteiger partial charge in [-0.2, -0.15) is 4.39 Å². The highest BCUT2D eigenvalue weighted by molar-refractivity contribution is 7.89. The van der Waals surface area contributed by atoms with Crippen molar-refractivity contribution in [1.29, 1.82) is 0 Å². The molecule has 0 spiro atoms. The second kappa shape index (κ2) is 4.63. The van der Waals surface area contributed by atoms with Gasteiger partial charge in [-0.1, -0.05) is 0 Å². The van der Waals surface area contributed by atoms with E-state index in [0.29, 0.717) is 0 Å². The second-order valence-electron chi connectivity index (χ2n) is 2.99. The molecule has 0 aliphatic carbocycles. The molecular formula is C8H8F2N2O4S. The predicted octanol–water partition coefficient (Wildman–Crippen LogP) is -0.524. The molecule has 17 heavy (non-hydrogen) atoms. The highest BCUT2D eigenvalue weighted by atomic mass is 32.2. The second-order valence-corrected chi connectivity index (χ2v) is 4.52. The smallest absolute Gasteiger partial charge is 0.255 e. The minimum absolute atomic E-state index is 0.631. The molecule has 6 nitrogen and oxygen atoms in total. The number of hydrogen-bond acceptors (Lipinski definition) is 4. The Kier molecular flexibility index (Phi) is 3.63. The Labute approximate surface area is 95.2 Å². The number of ether oxygens (including phenoxy) is 1. The molecule has 0 aliphatic heterocycles. The van der Waals surface area contributed by atoms with Crippen LogP contribution in [0.25, 0.3) is 0 Å². The van der Waals surface area contributed by atoms with Crippen LogP contribution in [-0.2, 0) is 14.8 Å². The normalized spacial score (nSPS) is 11.2. The van der Waals surface area contributed by atoms with Crippen molar-refractivity contribution in [2.45, 2.75) is 4.90 Å². The summed E-state index contributed by atoms with van der Waals surface area (Å²) in [6, 6.07) is 1.56. The molecule has 0 saturated carbocycles. The number of nitrogens with two attached hydrogens (primary N) is 2. The number of carbonyl (C=O) groups excluding carboxylic acids is 1. The Morgan fingerprint density at radius 1 is 1.29 bits per heavy atom. The van der Waals surface area contributed by atoms with E-state index in [1.54, 1.807) is 0 Å². The maximum Gasteiger partial charge on any atom is 0.255 e. The molecule has 1 aromatic carbocycles. The lowest BCUT2D eigenvalue weighted by Gasteiger charge is -2.07. The maximum absolute atomic E-state index is 13.3. The van der Waals surface area contributed by atoms with Crippen LogP contribution < -0.4 is 15.6 Å². The summed E-state index contributed by atoms with van der Waals surface area (Å²) in [4.78, 5) is 9.36. The Balaban J connectivity index is 3.16. The van der Waals surface area contributed by atoms with Gasteiger partial charge in [-0.15, -0.1) is 0 Å². The average Bonchev–Trinajstić information content (AvgIpc) is 2.18. The van der Waals surface area contributed by atoms with Crippen molar-refractivity contribution in [3.63, 3.8) is 0 Å². The summed E-state index contributed by atoms with van der Waals surface area (Å²) in [6.45, 7) is -0.662. The van der Waals surface area contributed by atoms with Gasteiger partial charge in [0.2, 0.25) is 15.8 Å². The number of hydrogen-bond donors (Lipinski definition) is 2. The average molecular weight is 266 g/mol. The number of primary sulfonamides is 1. The third-order valence-corrected chi connectivity index (χ3v) is 2.62. The monoisotopic (exact) mass is 266 g/mol. The molecule has 0 heterocycles. The van der Waals surface area contributed by atoms with Crippen molar-refractivity contribution >= 4 is 15.9 Å². The van der Waals surface area contributed by atoms with Crippen molar-refractivity contribution in [1.82, 2.24) is 0 Å². The van der Waals surface area contributed by atoms with Crippen LogP contribution >= 0.6 is 0 Å². The zero-order chi connectivity index (χ0) is 13.2. The van der Waals surface area contributed by atoms with E-state index >= 15 is 0 Å². The topological polar surface area (TPSA) is 112 Å². The molecule has 9 heteroatoms. The largest absolute Gasteiger partial charge is 0.481 e. The summed E-state index contributed by atoms with van der Waals surface area (Å²) in [5, 5.41) is 4.65. The minimum Gasteiger partial charge on any atom is -0.481 e. The lowest BCUT2D eigenvalue weighted by molar-refractivity contribution is -0.120. The van der Waals surface area contributed by atoms with E-state index in [9.17, 15) is 22.0 Å². The van der Waals surface area contributed by atoms with Crippen LogP contribution in [0.3, 0.4) is 0 Å². The highest BCUT2D eigenvalue weighted by Gasteiger charge is 2.21. The van der Waals surface area contributed by atoms with Gasteiger partial charge in [0.05, 0.1) is 0 Å². The Morgan fingerprint density at radius 3 is 2.35 bits per heavy atom. The van der Waals surface area contributed by atoms with Crippen LogP contribution in [0.1, 0.15) is 0 Å². The molecule has 0 saturated heterocycles. The summed E-state index contributed by atoms with van der Waals surface area (Å²) in [5.41, 5.74) is 4.73. The molecule has 0 unspecified atom stereocenters. The van der Waals surface area contributed by atoms with Crippen molar-refractivity contribution < 1.29 is 26.7 Å². The van der Waals surface area contributed by atoms with Gasteiger partial charge < -0.3 is 10.5 Å². The van der Waals surface area contributed by atoms with E-state index in [2.05, 4.69) is 9.88 Å². The summed E-state index contributed by atoms with van der Waals surface area (Å²) in [5.74, 6) is -4.75. The molecule has 0 aliphatic rings. The van der Waals surface area contributed by atoms with Gasteiger partial charge in [-0.05, 0) is 12.1 Å². The Bertz CT molecular complexity index is 559. The third-order valence-electron chi connectivity index (χ3n) is 1.69.